The average Bonchev–Trinajstić information content (AvgIpc) is 2.74. The summed E-state index contributed by atoms with van der Waals surface area (Å²) in [6.45, 7) is 1.21. The first kappa shape index (κ1) is 19.3. The maximum Gasteiger partial charge on any atom is 0.343 e. The van der Waals surface area contributed by atoms with Crippen LogP contribution >= 0.6 is 0 Å². The zero-order valence-corrected chi connectivity index (χ0v) is 15.5. The summed E-state index contributed by atoms with van der Waals surface area (Å²) >= 11 is 0. The van der Waals surface area contributed by atoms with E-state index in [-0.39, 0.29) is 31.4 Å². The molecule has 0 spiro atoms. The lowest BCUT2D eigenvalue weighted by atomic mass is 10.1. The molecule has 3 rings (SSSR count). The van der Waals surface area contributed by atoms with E-state index < -0.39 is 5.97 Å². The summed E-state index contributed by atoms with van der Waals surface area (Å²) in [7, 11) is 1.28. The van der Waals surface area contributed by atoms with E-state index in [9.17, 15) is 14.4 Å². The molecule has 8 heteroatoms. The molecule has 1 fully saturated rings. The van der Waals surface area contributed by atoms with Crippen molar-refractivity contribution in [2.45, 2.75) is 0 Å². The number of benzene rings is 1. The first-order chi connectivity index (χ1) is 13.6. The largest absolute Gasteiger partial charge is 0.482 e. The number of carbonyl (C=O) groups is 3. The predicted octanol–water partition coefficient (Wildman–Crippen LogP) is 1.16. The molecular weight excluding hydrogens is 362 g/mol. The minimum absolute atomic E-state index is 0.0331. The van der Waals surface area contributed by atoms with Crippen LogP contribution in [0.5, 0.6) is 5.75 Å². The minimum Gasteiger partial charge on any atom is -0.482 e. The van der Waals surface area contributed by atoms with Crippen molar-refractivity contribution >= 4 is 23.3 Å². The van der Waals surface area contributed by atoms with Gasteiger partial charge in [0.15, 0.2) is 12.4 Å². The first-order valence-electron chi connectivity index (χ1n) is 8.82. The third-order valence-electron chi connectivity index (χ3n) is 4.44. The first-order valence-corrected chi connectivity index (χ1v) is 8.82. The summed E-state index contributed by atoms with van der Waals surface area (Å²) in [5.41, 5.74) is 1.42. The molecule has 1 aliphatic rings. The Morgan fingerprint density at radius 2 is 1.79 bits per heavy atom. The molecule has 8 nitrogen and oxygen atoms in total. The molecular formula is C20H21N3O5. The van der Waals surface area contributed by atoms with Crippen LogP contribution in [-0.2, 0) is 14.3 Å². The second-order valence-electron chi connectivity index (χ2n) is 6.25. The third-order valence-corrected chi connectivity index (χ3v) is 4.44. The number of pyridine rings is 1. The van der Waals surface area contributed by atoms with Crippen molar-refractivity contribution in [3.8, 4) is 5.75 Å². The number of Topliss-reactive ketones (excluding diaryl/α,β-unsaturated/α-hetero) is 1. The van der Waals surface area contributed by atoms with Gasteiger partial charge in [-0.25, -0.2) is 4.79 Å². The lowest BCUT2D eigenvalue weighted by Crippen LogP contribution is -2.51. The lowest BCUT2D eigenvalue weighted by molar-refractivity contribution is -0.142. The zero-order chi connectivity index (χ0) is 19.9. The van der Waals surface area contributed by atoms with Crippen LogP contribution in [0.3, 0.4) is 0 Å². The fraction of sp³-hybridized carbons (Fsp3) is 0.300. The van der Waals surface area contributed by atoms with Gasteiger partial charge in [0.2, 0.25) is 5.91 Å². The fourth-order valence-electron chi connectivity index (χ4n) is 2.85. The molecule has 146 valence electrons. The Labute approximate surface area is 162 Å². The van der Waals surface area contributed by atoms with Gasteiger partial charge in [-0.2, -0.15) is 0 Å². The van der Waals surface area contributed by atoms with Gasteiger partial charge in [0.05, 0.1) is 20.2 Å². The van der Waals surface area contributed by atoms with Crippen molar-refractivity contribution in [1.82, 2.24) is 9.88 Å². The molecule has 0 bridgehead atoms. The molecule has 1 aromatic heterocycles. The predicted molar refractivity (Wildman–Crippen MR) is 101 cm³/mol. The highest BCUT2D eigenvalue weighted by Crippen LogP contribution is 2.17. The number of hydrogen-bond donors (Lipinski definition) is 0. The molecule has 1 amide bonds. The number of esters is 1. The smallest absolute Gasteiger partial charge is 0.343 e. The molecule has 0 N–H and O–H groups in total. The second kappa shape index (κ2) is 8.98. The highest BCUT2D eigenvalue weighted by Gasteiger charge is 2.26. The molecule has 0 unspecified atom stereocenters. The van der Waals surface area contributed by atoms with Gasteiger partial charge in [-0.05, 0) is 36.4 Å². The van der Waals surface area contributed by atoms with E-state index in [1.165, 1.54) is 7.11 Å². The number of rotatable bonds is 7. The quantitative estimate of drug-likeness (QED) is 0.524. The van der Waals surface area contributed by atoms with E-state index >= 15 is 0 Å². The molecule has 2 heterocycles. The number of aromatic nitrogens is 1. The van der Waals surface area contributed by atoms with Gasteiger partial charge in [-0.1, -0.05) is 0 Å². The Bertz CT molecular complexity index is 839. The van der Waals surface area contributed by atoms with Crippen LogP contribution < -0.4 is 9.64 Å². The summed E-state index contributed by atoms with van der Waals surface area (Å²) in [5.74, 6) is -0.256. The van der Waals surface area contributed by atoms with Crippen molar-refractivity contribution in [3.63, 3.8) is 0 Å². The van der Waals surface area contributed by atoms with Gasteiger partial charge in [0.1, 0.15) is 5.75 Å². The Balaban J connectivity index is 1.53. The summed E-state index contributed by atoms with van der Waals surface area (Å²) in [6.07, 6.45) is 3.38. The van der Waals surface area contributed by atoms with Crippen molar-refractivity contribution in [3.05, 3.63) is 54.4 Å². The number of anilines is 1. The summed E-state index contributed by atoms with van der Waals surface area (Å²) in [6, 6.07) is 10.2. The highest BCUT2D eigenvalue weighted by molar-refractivity contribution is 6.00. The molecule has 1 aliphatic heterocycles. The number of ether oxygens (including phenoxy) is 2. The Hall–Kier alpha value is -3.42. The summed E-state index contributed by atoms with van der Waals surface area (Å²) < 4.78 is 9.76. The van der Waals surface area contributed by atoms with Gasteiger partial charge < -0.3 is 19.3 Å². The van der Waals surface area contributed by atoms with Gasteiger partial charge in [-0.15, -0.1) is 0 Å². The number of methoxy groups -OCH3 is 1. The van der Waals surface area contributed by atoms with E-state index in [0.29, 0.717) is 24.4 Å². The van der Waals surface area contributed by atoms with Crippen LogP contribution in [0.25, 0.3) is 0 Å². The van der Waals surface area contributed by atoms with E-state index in [1.807, 2.05) is 17.0 Å². The normalized spacial score (nSPS) is 14.0. The number of hydrogen-bond acceptors (Lipinski definition) is 7. The summed E-state index contributed by atoms with van der Waals surface area (Å²) in [4.78, 5) is 43.5. The molecule has 1 aromatic carbocycles. The van der Waals surface area contributed by atoms with Gasteiger partial charge in [0, 0.05) is 36.7 Å². The van der Waals surface area contributed by atoms with Crippen molar-refractivity contribution in [2.75, 3.05) is 44.8 Å². The number of ketones is 1. The van der Waals surface area contributed by atoms with Crippen molar-refractivity contribution in [2.24, 2.45) is 0 Å². The van der Waals surface area contributed by atoms with Crippen LogP contribution in [0, 0.1) is 0 Å². The maximum absolute atomic E-state index is 12.5. The maximum atomic E-state index is 12.5. The monoisotopic (exact) mass is 383 g/mol. The number of amides is 1. The molecule has 0 aliphatic carbocycles. The van der Waals surface area contributed by atoms with Crippen LogP contribution in [0.1, 0.15) is 10.4 Å². The van der Waals surface area contributed by atoms with E-state index in [2.05, 4.69) is 9.72 Å². The van der Waals surface area contributed by atoms with E-state index in [1.54, 1.807) is 41.6 Å². The number of carbonyl (C=O) groups excluding carboxylic acids is 3. The van der Waals surface area contributed by atoms with Crippen LogP contribution in [0.15, 0.2) is 48.8 Å². The summed E-state index contributed by atoms with van der Waals surface area (Å²) in [5, 5.41) is 0. The zero-order valence-electron chi connectivity index (χ0n) is 15.5. The van der Waals surface area contributed by atoms with Crippen molar-refractivity contribution < 1.29 is 23.9 Å². The molecule has 0 saturated carbocycles. The third kappa shape index (κ3) is 4.85. The highest BCUT2D eigenvalue weighted by atomic mass is 16.6. The van der Waals surface area contributed by atoms with Crippen molar-refractivity contribution in [1.29, 1.82) is 0 Å². The van der Waals surface area contributed by atoms with Gasteiger partial charge >= 0.3 is 5.97 Å². The van der Waals surface area contributed by atoms with Crippen LogP contribution in [0.4, 0.5) is 5.69 Å². The average molecular weight is 383 g/mol. The second-order valence-corrected chi connectivity index (χ2v) is 6.25. The minimum atomic E-state index is -0.482. The van der Waals surface area contributed by atoms with Gasteiger partial charge in [-0.3, -0.25) is 14.6 Å². The van der Waals surface area contributed by atoms with E-state index in [0.717, 1.165) is 5.69 Å². The SMILES string of the molecule is COC(=O)COc1ccc(C(=O)CN2CCN(c3ccncc3)CC2=O)cc1. The standard InChI is InChI=1S/C20H21N3O5/c1-27-20(26)14-28-17-4-2-15(3-5-17)18(24)12-23-11-10-22(13-19(23)25)16-6-8-21-9-7-16/h2-9H,10-14H2,1H3. The number of piperazine rings is 1. The molecule has 0 radical (unpaired) electrons. The van der Waals surface area contributed by atoms with Crippen LogP contribution in [0.2, 0.25) is 0 Å². The Kier molecular flexibility index (Phi) is 6.21. The lowest BCUT2D eigenvalue weighted by Gasteiger charge is -2.35. The van der Waals surface area contributed by atoms with Gasteiger partial charge in [0.25, 0.3) is 0 Å². The Morgan fingerprint density at radius 3 is 2.43 bits per heavy atom. The molecule has 28 heavy (non-hydrogen) atoms. The van der Waals surface area contributed by atoms with Crippen LogP contribution in [-0.4, -0.2) is 67.4 Å². The fourth-order valence-corrected chi connectivity index (χ4v) is 2.85. The van der Waals surface area contributed by atoms with E-state index in [4.69, 9.17) is 4.74 Å². The Morgan fingerprint density at radius 1 is 1.07 bits per heavy atom. The molecule has 1 saturated heterocycles. The number of nitrogens with zero attached hydrogens (tertiary/aromatic N) is 3. The molecule has 2 aromatic rings. The topological polar surface area (TPSA) is 89.0 Å². The molecule has 0 atom stereocenters.